The van der Waals surface area contributed by atoms with Crippen LogP contribution in [0.1, 0.15) is 55.6 Å². The molecule has 0 spiro atoms. The van der Waals surface area contributed by atoms with Gasteiger partial charge < -0.3 is 9.47 Å². The zero-order valence-corrected chi connectivity index (χ0v) is 17.1. The molecule has 0 fully saturated rings. The first-order valence-corrected chi connectivity index (χ1v) is 10.4. The Labute approximate surface area is 177 Å². The summed E-state index contributed by atoms with van der Waals surface area (Å²) < 4.78 is 10.7. The SMILES string of the molecule is COC(CCCCCC[C]=O)C(=O)C(O[C]=O)C1c2ccccc2-c2ccccc21. The molecule has 2 radical (unpaired) electrons. The molecular formula is C25H26O5. The van der Waals surface area contributed by atoms with Gasteiger partial charge in [-0.15, -0.1) is 0 Å². The molecule has 156 valence electrons. The Morgan fingerprint density at radius 1 is 0.933 bits per heavy atom. The molecule has 0 saturated carbocycles. The summed E-state index contributed by atoms with van der Waals surface area (Å²) in [5.41, 5.74) is 4.03. The van der Waals surface area contributed by atoms with E-state index in [4.69, 9.17) is 9.47 Å². The predicted octanol–water partition coefficient (Wildman–Crippen LogP) is 4.29. The fourth-order valence-electron chi connectivity index (χ4n) is 4.30. The molecule has 0 amide bonds. The number of hydrogen-bond donors (Lipinski definition) is 0. The average molecular weight is 406 g/mol. The lowest BCUT2D eigenvalue weighted by molar-refractivity contribution is -0.137. The quantitative estimate of drug-likeness (QED) is 0.464. The lowest BCUT2D eigenvalue weighted by Gasteiger charge is -2.26. The Morgan fingerprint density at radius 2 is 1.53 bits per heavy atom. The van der Waals surface area contributed by atoms with Crippen molar-refractivity contribution >= 4 is 18.5 Å². The maximum absolute atomic E-state index is 13.4. The summed E-state index contributed by atoms with van der Waals surface area (Å²) in [5.74, 6) is -0.634. The number of rotatable bonds is 13. The van der Waals surface area contributed by atoms with Gasteiger partial charge in [0.25, 0.3) is 0 Å². The highest BCUT2D eigenvalue weighted by atomic mass is 16.5. The van der Waals surface area contributed by atoms with Crippen LogP contribution in [-0.4, -0.2) is 37.9 Å². The summed E-state index contributed by atoms with van der Waals surface area (Å²) in [6.45, 7) is 1.49. The first-order valence-electron chi connectivity index (χ1n) is 10.4. The lowest BCUT2D eigenvalue weighted by atomic mass is 9.86. The number of ketones is 1. The highest BCUT2D eigenvalue weighted by Crippen LogP contribution is 2.47. The molecule has 30 heavy (non-hydrogen) atoms. The average Bonchev–Trinajstić information content (AvgIpc) is 3.11. The molecule has 1 aliphatic rings. The largest absolute Gasteiger partial charge is 0.445 e. The van der Waals surface area contributed by atoms with Crippen molar-refractivity contribution in [3.63, 3.8) is 0 Å². The molecule has 5 nitrogen and oxygen atoms in total. The van der Waals surface area contributed by atoms with Gasteiger partial charge in [0, 0.05) is 13.5 Å². The van der Waals surface area contributed by atoms with Gasteiger partial charge in [-0.25, -0.2) is 4.79 Å². The molecule has 0 aromatic heterocycles. The summed E-state index contributed by atoms with van der Waals surface area (Å²) in [6.07, 6.45) is 4.60. The molecule has 3 rings (SSSR count). The summed E-state index contributed by atoms with van der Waals surface area (Å²) in [4.78, 5) is 34.8. The first kappa shape index (κ1) is 21.9. The number of methoxy groups -OCH3 is 1. The van der Waals surface area contributed by atoms with Gasteiger partial charge in [0.15, 0.2) is 12.4 Å². The number of Topliss-reactive ketones (excluding diaryl/α,β-unsaturated/α-hetero) is 1. The van der Waals surface area contributed by atoms with Crippen LogP contribution < -0.4 is 0 Å². The van der Waals surface area contributed by atoms with Crippen LogP contribution in [0.15, 0.2) is 48.5 Å². The molecule has 0 N–H and O–H groups in total. The van der Waals surface area contributed by atoms with Gasteiger partial charge in [-0.3, -0.25) is 9.59 Å². The second-order valence-electron chi connectivity index (χ2n) is 7.50. The van der Waals surface area contributed by atoms with Crippen LogP contribution in [0, 0.1) is 0 Å². The minimum atomic E-state index is -0.998. The highest BCUT2D eigenvalue weighted by Gasteiger charge is 2.41. The molecule has 2 aromatic rings. The predicted molar refractivity (Wildman–Crippen MR) is 113 cm³/mol. The van der Waals surface area contributed by atoms with Crippen LogP contribution in [0.5, 0.6) is 0 Å². The third-order valence-corrected chi connectivity index (χ3v) is 5.74. The number of carbonyl (C=O) groups excluding carboxylic acids is 3. The van der Waals surface area contributed by atoms with Crippen LogP contribution >= 0.6 is 0 Å². The monoisotopic (exact) mass is 406 g/mol. The van der Waals surface area contributed by atoms with Crippen LogP contribution in [0.4, 0.5) is 0 Å². The fourth-order valence-corrected chi connectivity index (χ4v) is 4.30. The van der Waals surface area contributed by atoms with Crippen LogP contribution in [-0.2, 0) is 23.9 Å². The second-order valence-corrected chi connectivity index (χ2v) is 7.50. The molecule has 0 saturated heterocycles. The zero-order chi connectivity index (χ0) is 21.3. The number of carbonyl (C=O) groups is 1. The normalized spacial score (nSPS) is 14.4. The maximum atomic E-state index is 13.4. The molecule has 2 aromatic carbocycles. The molecule has 5 heteroatoms. The van der Waals surface area contributed by atoms with Gasteiger partial charge in [0.05, 0.1) is 5.92 Å². The second kappa shape index (κ2) is 10.8. The van der Waals surface area contributed by atoms with E-state index in [9.17, 15) is 14.4 Å². The van der Waals surface area contributed by atoms with E-state index in [2.05, 4.69) is 0 Å². The zero-order valence-electron chi connectivity index (χ0n) is 17.1. The highest BCUT2D eigenvalue weighted by molar-refractivity contribution is 5.92. The Bertz CT molecular complexity index is 830. The minimum Gasteiger partial charge on any atom is -0.445 e. The van der Waals surface area contributed by atoms with Gasteiger partial charge >= 0.3 is 6.47 Å². The Kier molecular flexibility index (Phi) is 7.91. The van der Waals surface area contributed by atoms with Crippen molar-refractivity contribution in [3.8, 4) is 11.1 Å². The summed E-state index contributed by atoms with van der Waals surface area (Å²) in [6, 6.07) is 15.8. The van der Waals surface area contributed by atoms with E-state index in [1.807, 2.05) is 54.8 Å². The summed E-state index contributed by atoms with van der Waals surface area (Å²) in [5, 5.41) is 0. The smallest absolute Gasteiger partial charge is 0.418 e. The Morgan fingerprint density at radius 3 is 2.10 bits per heavy atom. The number of unbranched alkanes of at least 4 members (excludes halogenated alkanes) is 4. The van der Waals surface area contributed by atoms with Crippen LogP contribution in [0.3, 0.4) is 0 Å². The van der Waals surface area contributed by atoms with Gasteiger partial charge in [-0.2, -0.15) is 0 Å². The molecule has 2 unspecified atom stereocenters. The molecule has 0 bridgehead atoms. The van der Waals surface area contributed by atoms with Crippen molar-refractivity contribution < 1.29 is 23.9 Å². The molecule has 2 atom stereocenters. The van der Waals surface area contributed by atoms with Crippen molar-refractivity contribution in [1.82, 2.24) is 0 Å². The molecular weight excluding hydrogens is 380 g/mol. The third-order valence-electron chi connectivity index (χ3n) is 5.74. The first-order chi connectivity index (χ1) is 14.7. The summed E-state index contributed by atoms with van der Waals surface area (Å²) >= 11 is 0. The van der Waals surface area contributed by atoms with E-state index in [1.54, 1.807) is 0 Å². The maximum Gasteiger partial charge on any atom is 0.418 e. The number of hydrogen-bond acceptors (Lipinski definition) is 5. The van der Waals surface area contributed by atoms with Crippen molar-refractivity contribution in [2.45, 2.75) is 56.7 Å². The molecule has 0 aliphatic heterocycles. The minimum absolute atomic E-state index is 0.251. The van der Waals surface area contributed by atoms with Gasteiger partial charge in [0.1, 0.15) is 6.10 Å². The topological polar surface area (TPSA) is 69.7 Å². The number of benzene rings is 2. The van der Waals surface area contributed by atoms with Crippen LogP contribution in [0.2, 0.25) is 0 Å². The standard InChI is InChI=1S/C25H26O5/c1-29-22(15-5-3-2-4-10-16-26)24(28)25(30-17-27)23-20-13-8-6-11-18(20)19-12-7-9-14-21(19)23/h6-9,11-14,22-23,25H,2-5,10,15H2,1H3. The third kappa shape index (κ3) is 4.68. The van der Waals surface area contributed by atoms with Crippen molar-refractivity contribution in [2.75, 3.05) is 7.11 Å². The fraction of sp³-hybridized carbons (Fsp3) is 0.400. The Hall–Kier alpha value is -2.79. The van der Waals surface area contributed by atoms with Gasteiger partial charge in [-0.1, -0.05) is 67.8 Å². The van der Waals surface area contributed by atoms with Crippen molar-refractivity contribution in [2.24, 2.45) is 0 Å². The van der Waals surface area contributed by atoms with E-state index < -0.39 is 12.2 Å². The molecule has 0 heterocycles. The van der Waals surface area contributed by atoms with E-state index in [1.165, 1.54) is 13.6 Å². The number of ether oxygens (including phenoxy) is 2. The lowest BCUT2D eigenvalue weighted by Crippen LogP contribution is -2.39. The summed E-state index contributed by atoms with van der Waals surface area (Å²) in [7, 11) is 1.50. The van der Waals surface area contributed by atoms with E-state index in [0.29, 0.717) is 12.8 Å². The van der Waals surface area contributed by atoms with E-state index >= 15 is 0 Å². The Balaban J connectivity index is 1.80. The van der Waals surface area contributed by atoms with Crippen molar-refractivity contribution in [3.05, 3.63) is 59.7 Å². The van der Waals surface area contributed by atoms with Crippen LogP contribution in [0.25, 0.3) is 11.1 Å². The van der Waals surface area contributed by atoms with Crippen molar-refractivity contribution in [1.29, 1.82) is 0 Å². The number of fused-ring (bicyclic) bond motifs is 3. The van der Waals surface area contributed by atoms with E-state index in [-0.39, 0.29) is 11.7 Å². The van der Waals surface area contributed by atoms with E-state index in [0.717, 1.165) is 47.9 Å². The van der Waals surface area contributed by atoms with Gasteiger partial charge in [-0.05, 0) is 35.1 Å². The van der Waals surface area contributed by atoms with Gasteiger partial charge in [0.2, 0.25) is 5.78 Å². The molecule has 1 aliphatic carbocycles.